The predicted octanol–water partition coefficient (Wildman–Crippen LogP) is 8.29. The Morgan fingerprint density at radius 2 is 1.41 bits per heavy atom. The average molecular weight is 789 g/mol. The molecular weight excluding hydrogens is 732 g/mol. The lowest BCUT2D eigenvalue weighted by Crippen LogP contribution is -2.66. The van der Waals surface area contributed by atoms with E-state index in [2.05, 4.69) is 64.3 Å². The summed E-state index contributed by atoms with van der Waals surface area (Å²) < 4.78 is 12.5. The van der Waals surface area contributed by atoms with Crippen LogP contribution in [0.3, 0.4) is 0 Å². The van der Waals surface area contributed by atoms with Crippen molar-refractivity contribution >= 4 is 46.8 Å². The third kappa shape index (κ3) is 9.10. The van der Waals surface area contributed by atoms with Crippen molar-refractivity contribution in [1.29, 1.82) is 0 Å². The van der Waals surface area contributed by atoms with Crippen molar-refractivity contribution in [3.8, 4) is 5.75 Å². The van der Waals surface area contributed by atoms with Crippen molar-refractivity contribution in [3.63, 3.8) is 0 Å². The highest BCUT2D eigenvalue weighted by Crippen LogP contribution is 2.41. The number of nitrogens with zero attached hydrogens (tertiary/aromatic N) is 2. The van der Waals surface area contributed by atoms with Gasteiger partial charge in [-0.15, -0.1) is 0 Å². The molecule has 2 N–H and O–H groups in total. The molecule has 0 aromatic heterocycles. The number of nitrogens with one attached hydrogen (secondary N) is 2. The predicted molar refractivity (Wildman–Crippen MR) is 218 cm³/mol. The van der Waals surface area contributed by atoms with Crippen LogP contribution in [0.4, 0.5) is 10.5 Å². The van der Waals surface area contributed by atoms with E-state index >= 15 is 0 Å². The lowest BCUT2D eigenvalue weighted by molar-refractivity contribution is -0.181. The van der Waals surface area contributed by atoms with Crippen LogP contribution in [-0.4, -0.2) is 63.8 Å². The SMILES string of the molecule is CCC(C)(C)c1ccc(OCCCC(=O)NC2(OCc3ccccc3)C(=O)N(C(Cl)(C(=O)Nc3ccccc3)C(=O)C(C)(C)C)C(=O)N2C)c(C(C)(C)CC)c1. The third-order valence-electron chi connectivity index (χ3n) is 10.7. The summed E-state index contributed by atoms with van der Waals surface area (Å²) >= 11 is 6.99. The van der Waals surface area contributed by atoms with Gasteiger partial charge in [0.25, 0.3) is 10.9 Å². The van der Waals surface area contributed by atoms with Crippen LogP contribution in [0.5, 0.6) is 5.75 Å². The lowest BCUT2D eigenvalue weighted by Gasteiger charge is -2.36. The van der Waals surface area contributed by atoms with E-state index in [1.165, 1.54) is 33.4 Å². The van der Waals surface area contributed by atoms with Crippen molar-refractivity contribution in [3.05, 3.63) is 95.6 Å². The van der Waals surface area contributed by atoms with E-state index in [1.807, 2.05) is 6.07 Å². The summed E-state index contributed by atoms with van der Waals surface area (Å²) in [5.41, 5.74) is 1.75. The molecule has 2 unspecified atom stereocenters. The molecule has 1 aliphatic heterocycles. The zero-order chi connectivity index (χ0) is 41.7. The minimum Gasteiger partial charge on any atom is -0.493 e. The number of carbonyl (C=O) groups is 5. The number of rotatable bonds is 17. The van der Waals surface area contributed by atoms with Crippen LogP contribution in [0, 0.1) is 5.41 Å². The Morgan fingerprint density at radius 1 is 0.821 bits per heavy atom. The first-order chi connectivity index (χ1) is 26.2. The maximum absolute atomic E-state index is 14.7. The van der Waals surface area contributed by atoms with E-state index < -0.39 is 45.8 Å². The highest BCUT2D eigenvalue weighted by molar-refractivity contribution is 6.50. The average Bonchev–Trinajstić information content (AvgIpc) is 3.35. The first kappa shape index (κ1) is 44.0. The number of likely N-dealkylation sites (N-methyl/N-ethyl adjacent to an activating group) is 1. The number of hydrogen-bond acceptors (Lipinski definition) is 7. The van der Waals surface area contributed by atoms with Gasteiger partial charge in [0.15, 0.2) is 5.78 Å². The van der Waals surface area contributed by atoms with Gasteiger partial charge in [-0.05, 0) is 59.4 Å². The van der Waals surface area contributed by atoms with Crippen molar-refractivity contribution in [2.75, 3.05) is 19.0 Å². The summed E-state index contributed by atoms with van der Waals surface area (Å²) in [5, 5.41) is 5.20. The van der Waals surface area contributed by atoms with Crippen molar-refractivity contribution in [1.82, 2.24) is 15.1 Å². The summed E-state index contributed by atoms with van der Waals surface area (Å²) in [6, 6.07) is 22.2. The third-order valence-corrected chi connectivity index (χ3v) is 11.2. The molecule has 12 heteroatoms. The Morgan fingerprint density at radius 3 is 1.98 bits per heavy atom. The normalized spacial score (nSPS) is 17.4. The van der Waals surface area contributed by atoms with Crippen LogP contribution in [0.25, 0.3) is 0 Å². The fourth-order valence-corrected chi connectivity index (χ4v) is 6.72. The van der Waals surface area contributed by atoms with Gasteiger partial charge in [0.05, 0.1) is 13.2 Å². The van der Waals surface area contributed by atoms with Gasteiger partial charge >= 0.3 is 17.8 Å². The van der Waals surface area contributed by atoms with Crippen LogP contribution < -0.4 is 15.4 Å². The molecule has 1 aliphatic rings. The number of Topliss-reactive ketones (excluding diaryl/α,β-unsaturated/α-hetero) is 1. The van der Waals surface area contributed by atoms with Gasteiger partial charge in [0.2, 0.25) is 5.91 Å². The number of amides is 5. The second-order valence-corrected chi connectivity index (χ2v) is 17.2. The maximum atomic E-state index is 14.7. The largest absolute Gasteiger partial charge is 0.493 e. The van der Waals surface area contributed by atoms with E-state index in [0.29, 0.717) is 10.5 Å². The zero-order valence-corrected chi connectivity index (χ0v) is 35.1. The van der Waals surface area contributed by atoms with Crippen molar-refractivity contribution < 1.29 is 33.4 Å². The molecule has 1 heterocycles. The second-order valence-electron chi connectivity index (χ2n) is 16.6. The standard InChI is InChI=1S/C44H57ClN4O7/c1-11-41(6,7)31-25-26-34(33(28-31)42(8,9)12-2)55-27-19-24-35(50)47-44(56-29-30-20-15-13-16-21-30)38(53)49(39(54)48(44)10)43(45,36(51)40(3,4)5)37(52)46-32-22-17-14-18-23-32/h13-18,20-23,25-26,28H,11-12,19,24,27,29H2,1-10H3,(H,46,52)(H,47,50). The molecule has 3 aromatic carbocycles. The number of halogens is 1. The Labute approximate surface area is 336 Å². The number of benzene rings is 3. The Bertz CT molecular complexity index is 1910. The Kier molecular flexibility index (Phi) is 13.5. The van der Waals surface area contributed by atoms with Gasteiger partial charge in [-0.3, -0.25) is 24.1 Å². The number of ether oxygens (including phenoxy) is 2. The van der Waals surface area contributed by atoms with Crippen LogP contribution in [-0.2, 0) is 41.4 Å². The van der Waals surface area contributed by atoms with E-state index in [0.717, 1.165) is 29.1 Å². The van der Waals surface area contributed by atoms with E-state index in [-0.39, 0.29) is 42.6 Å². The maximum Gasteiger partial charge on any atom is 0.333 e. The lowest BCUT2D eigenvalue weighted by atomic mass is 9.76. The Hall–Kier alpha value is -4.74. The number of hydrogen-bond donors (Lipinski definition) is 2. The van der Waals surface area contributed by atoms with E-state index in [9.17, 15) is 24.0 Å². The second kappa shape index (κ2) is 17.2. The molecule has 0 aliphatic carbocycles. The molecule has 0 saturated carbocycles. The highest BCUT2D eigenvalue weighted by Gasteiger charge is 2.68. The summed E-state index contributed by atoms with van der Waals surface area (Å²) in [6.07, 6.45) is 2.01. The topological polar surface area (TPSA) is 134 Å². The number of carbonyl (C=O) groups excluding carboxylic acids is 5. The van der Waals surface area contributed by atoms with Crippen LogP contribution in [0.2, 0.25) is 0 Å². The van der Waals surface area contributed by atoms with Crippen LogP contribution >= 0.6 is 11.6 Å². The minimum atomic E-state index is -2.86. The van der Waals surface area contributed by atoms with Gasteiger partial charge in [0, 0.05) is 30.1 Å². The monoisotopic (exact) mass is 788 g/mol. The van der Waals surface area contributed by atoms with Crippen molar-refractivity contribution in [2.24, 2.45) is 5.41 Å². The molecule has 11 nitrogen and oxygen atoms in total. The number of imide groups is 1. The molecule has 302 valence electrons. The van der Waals surface area contributed by atoms with E-state index in [1.54, 1.807) is 60.7 Å². The number of para-hydroxylation sites is 1. The quantitative estimate of drug-likeness (QED) is 0.0351. The van der Waals surface area contributed by atoms with Crippen LogP contribution in [0.1, 0.15) is 105 Å². The van der Waals surface area contributed by atoms with Gasteiger partial charge in [-0.25, -0.2) is 9.69 Å². The zero-order valence-electron chi connectivity index (χ0n) is 34.4. The molecule has 1 saturated heterocycles. The first-order valence-electron chi connectivity index (χ1n) is 19.1. The smallest absolute Gasteiger partial charge is 0.333 e. The van der Waals surface area contributed by atoms with Crippen LogP contribution in [0.15, 0.2) is 78.9 Å². The van der Waals surface area contributed by atoms with Crippen molar-refractivity contribution in [2.45, 2.75) is 116 Å². The molecule has 4 rings (SSSR count). The number of ketones is 1. The molecule has 5 amide bonds. The summed E-state index contributed by atoms with van der Waals surface area (Å²) in [4.78, 5) is 69.2. The molecular formula is C44H57ClN4O7. The number of anilines is 1. The summed E-state index contributed by atoms with van der Waals surface area (Å²) in [7, 11) is 1.24. The molecule has 2 atom stereocenters. The fourth-order valence-electron chi connectivity index (χ4n) is 6.24. The molecule has 1 fully saturated rings. The molecule has 0 radical (unpaired) electrons. The van der Waals surface area contributed by atoms with Gasteiger partial charge in [-0.1, -0.05) is 135 Å². The molecule has 56 heavy (non-hydrogen) atoms. The molecule has 3 aromatic rings. The van der Waals surface area contributed by atoms with Gasteiger partial charge in [0.1, 0.15) is 5.75 Å². The summed E-state index contributed by atoms with van der Waals surface area (Å²) in [6.45, 7) is 17.6. The summed E-state index contributed by atoms with van der Waals surface area (Å²) in [5.74, 6) is -5.62. The van der Waals surface area contributed by atoms with E-state index in [4.69, 9.17) is 21.1 Å². The molecule has 0 bridgehead atoms. The van der Waals surface area contributed by atoms with Gasteiger partial charge < -0.3 is 20.1 Å². The fraction of sp³-hybridized carbons (Fsp3) is 0.477. The number of urea groups is 1. The Balaban J connectivity index is 1.63. The van der Waals surface area contributed by atoms with Gasteiger partial charge in [-0.2, -0.15) is 0 Å². The first-order valence-corrected chi connectivity index (χ1v) is 19.5. The number of alkyl halides is 1. The minimum absolute atomic E-state index is 0.00955. The highest BCUT2D eigenvalue weighted by atomic mass is 35.5. The molecule has 0 spiro atoms.